The molecular formula is C19H21N5O. The molecule has 0 bridgehead atoms. The topological polar surface area (TPSA) is 72.0 Å². The number of benzene rings is 1. The lowest BCUT2D eigenvalue weighted by molar-refractivity contribution is 0.222. The van der Waals surface area contributed by atoms with Gasteiger partial charge in [-0.05, 0) is 37.6 Å². The van der Waals surface area contributed by atoms with Crippen LogP contribution in [0.5, 0.6) is 5.75 Å². The van der Waals surface area contributed by atoms with Crippen molar-refractivity contribution < 1.29 is 4.74 Å². The summed E-state index contributed by atoms with van der Waals surface area (Å²) in [7, 11) is 0. The number of hydrogen-bond acceptors (Lipinski definition) is 6. The predicted molar refractivity (Wildman–Crippen MR) is 97.7 cm³/mol. The van der Waals surface area contributed by atoms with Crippen molar-refractivity contribution in [2.75, 3.05) is 18.4 Å². The van der Waals surface area contributed by atoms with Crippen molar-refractivity contribution in [3.8, 4) is 5.75 Å². The van der Waals surface area contributed by atoms with Crippen molar-refractivity contribution in [3.63, 3.8) is 0 Å². The Hall–Kier alpha value is -2.73. The van der Waals surface area contributed by atoms with E-state index in [4.69, 9.17) is 4.74 Å². The van der Waals surface area contributed by atoms with Gasteiger partial charge in [0.2, 0.25) is 0 Å². The van der Waals surface area contributed by atoms with Crippen LogP contribution in [-0.4, -0.2) is 34.1 Å². The fraction of sp³-hybridized carbons (Fsp3) is 0.316. The summed E-state index contributed by atoms with van der Waals surface area (Å²) in [5.41, 5.74) is 4.91. The third kappa shape index (κ3) is 3.53. The fourth-order valence-corrected chi connectivity index (χ4v) is 3.05. The van der Waals surface area contributed by atoms with E-state index in [9.17, 15) is 0 Å². The minimum atomic E-state index is 0.220. The van der Waals surface area contributed by atoms with Gasteiger partial charge in [0.1, 0.15) is 11.9 Å². The van der Waals surface area contributed by atoms with E-state index in [1.165, 1.54) is 0 Å². The van der Waals surface area contributed by atoms with E-state index in [0.717, 1.165) is 53.1 Å². The molecule has 6 heteroatoms. The van der Waals surface area contributed by atoms with Crippen molar-refractivity contribution in [2.45, 2.75) is 26.0 Å². The van der Waals surface area contributed by atoms with Gasteiger partial charge in [-0.15, -0.1) is 0 Å². The van der Waals surface area contributed by atoms with Crippen LogP contribution in [0.25, 0.3) is 11.0 Å². The second-order valence-electron chi connectivity index (χ2n) is 6.30. The van der Waals surface area contributed by atoms with Gasteiger partial charge in [0.15, 0.2) is 0 Å². The lowest BCUT2D eigenvalue weighted by Gasteiger charge is -2.18. The number of anilines is 1. The van der Waals surface area contributed by atoms with E-state index < -0.39 is 0 Å². The van der Waals surface area contributed by atoms with Crippen LogP contribution < -0.4 is 15.4 Å². The van der Waals surface area contributed by atoms with Crippen molar-refractivity contribution in [1.29, 1.82) is 0 Å². The van der Waals surface area contributed by atoms with Gasteiger partial charge in [-0.1, -0.05) is 6.07 Å². The Bertz CT molecular complexity index is 877. The zero-order valence-corrected chi connectivity index (χ0v) is 14.2. The molecule has 25 heavy (non-hydrogen) atoms. The summed E-state index contributed by atoms with van der Waals surface area (Å²) < 4.78 is 6.21. The number of aryl methyl sites for hydroxylation is 1. The third-order valence-electron chi connectivity index (χ3n) is 4.39. The van der Waals surface area contributed by atoms with E-state index in [1.807, 2.05) is 25.4 Å². The smallest absolute Gasteiger partial charge is 0.148 e. The van der Waals surface area contributed by atoms with Crippen LogP contribution in [0.4, 0.5) is 5.69 Å². The van der Waals surface area contributed by atoms with Crippen molar-refractivity contribution >= 4 is 16.7 Å². The van der Waals surface area contributed by atoms with Crippen LogP contribution in [0.3, 0.4) is 0 Å². The number of fused-ring (bicyclic) bond motifs is 1. The SMILES string of the molecule is Cc1cncc(NCc2ccc3nccnc3c2)c1O[C@@H]1CCNC1. The van der Waals surface area contributed by atoms with Gasteiger partial charge < -0.3 is 15.4 Å². The average molecular weight is 335 g/mol. The summed E-state index contributed by atoms with van der Waals surface area (Å²) >= 11 is 0. The van der Waals surface area contributed by atoms with Crippen LogP contribution in [0.15, 0.2) is 43.0 Å². The van der Waals surface area contributed by atoms with E-state index in [1.54, 1.807) is 12.4 Å². The zero-order valence-electron chi connectivity index (χ0n) is 14.2. The molecule has 128 valence electrons. The van der Waals surface area contributed by atoms with Crippen molar-refractivity contribution in [1.82, 2.24) is 20.3 Å². The summed E-state index contributed by atoms with van der Waals surface area (Å²) in [6.45, 7) is 4.61. The highest BCUT2D eigenvalue weighted by Gasteiger charge is 2.19. The second-order valence-corrected chi connectivity index (χ2v) is 6.30. The van der Waals surface area contributed by atoms with Gasteiger partial charge in [-0.2, -0.15) is 0 Å². The molecule has 0 spiro atoms. The van der Waals surface area contributed by atoms with Crippen LogP contribution in [-0.2, 0) is 6.54 Å². The van der Waals surface area contributed by atoms with Crippen molar-refractivity contribution in [3.05, 3.63) is 54.1 Å². The molecule has 3 aromatic rings. The summed E-state index contributed by atoms with van der Waals surface area (Å²) in [6.07, 6.45) is 8.34. The zero-order chi connectivity index (χ0) is 17.1. The first-order chi connectivity index (χ1) is 12.3. The molecule has 6 nitrogen and oxygen atoms in total. The molecule has 1 aliphatic rings. The second kappa shape index (κ2) is 7.03. The van der Waals surface area contributed by atoms with E-state index in [2.05, 4.69) is 37.7 Å². The van der Waals surface area contributed by atoms with Gasteiger partial charge in [-0.3, -0.25) is 15.0 Å². The first-order valence-corrected chi connectivity index (χ1v) is 8.55. The Labute approximate surface area is 146 Å². The average Bonchev–Trinajstić information content (AvgIpc) is 3.15. The maximum atomic E-state index is 6.21. The molecular weight excluding hydrogens is 314 g/mol. The molecule has 1 saturated heterocycles. The third-order valence-corrected chi connectivity index (χ3v) is 4.39. The number of aromatic nitrogens is 3. The summed E-state index contributed by atoms with van der Waals surface area (Å²) in [5, 5.41) is 6.79. The van der Waals surface area contributed by atoms with Crippen LogP contribution in [0.2, 0.25) is 0 Å². The molecule has 1 aromatic carbocycles. The Morgan fingerprint density at radius 1 is 1.20 bits per heavy atom. The Morgan fingerprint density at radius 3 is 2.92 bits per heavy atom. The van der Waals surface area contributed by atoms with E-state index in [-0.39, 0.29) is 6.10 Å². The summed E-state index contributed by atoms with van der Waals surface area (Å²) in [5.74, 6) is 0.893. The molecule has 4 rings (SSSR count). The normalized spacial score (nSPS) is 16.9. The van der Waals surface area contributed by atoms with Gasteiger partial charge in [0.05, 0.1) is 22.9 Å². The highest BCUT2D eigenvalue weighted by molar-refractivity contribution is 5.74. The Balaban J connectivity index is 1.52. The first kappa shape index (κ1) is 15.8. The van der Waals surface area contributed by atoms with Gasteiger partial charge in [0, 0.05) is 37.2 Å². The van der Waals surface area contributed by atoms with Crippen LogP contribution >= 0.6 is 0 Å². The quantitative estimate of drug-likeness (QED) is 0.747. The molecule has 0 radical (unpaired) electrons. The highest BCUT2D eigenvalue weighted by atomic mass is 16.5. The first-order valence-electron chi connectivity index (χ1n) is 8.55. The monoisotopic (exact) mass is 335 g/mol. The summed E-state index contributed by atoms with van der Waals surface area (Å²) in [6, 6.07) is 6.12. The van der Waals surface area contributed by atoms with Gasteiger partial charge in [-0.25, -0.2) is 0 Å². The maximum absolute atomic E-state index is 6.21. The molecule has 1 fully saturated rings. The highest BCUT2D eigenvalue weighted by Crippen LogP contribution is 2.29. The molecule has 2 N–H and O–H groups in total. The molecule has 0 aliphatic carbocycles. The molecule has 3 heterocycles. The number of pyridine rings is 1. The van der Waals surface area contributed by atoms with Gasteiger partial charge >= 0.3 is 0 Å². The molecule has 1 aliphatic heterocycles. The Morgan fingerprint density at radius 2 is 2.08 bits per heavy atom. The van der Waals surface area contributed by atoms with E-state index >= 15 is 0 Å². The van der Waals surface area contributed by atoms with Crippen LogP contribution in [0, 0.1) is 6.92 Å². The predicted octanol–water partition coefficient (Wildman–Crippen LogP) is 2.69. The summed E-state index contributed by atoms with van der Waals surface area (Å²) in [4.78, 5) is 13.0. The molecule has 0 unspecified atom stereocenters. The Kier molecular flexibility index (Phi) is 4.43. The number of rotatable bonds is 5. The minimum absolute atomic E-state index is 0.220. The minimum Gasteiger partial charge on any atom is -0.486 e. The number of nitrogens with one attached hydrogen (secondary N) is 2. The molecule has 0 saturated carbocycles. The van der Waals surface area contributed by atoms with Crippen molar-refractivity contribution in [2.24, 2.45) is 0 Å². The lowest BCUT2D eigenvalue weighted by Crippen LogP contribution is -2.20. The maximum Gasteiger partial charge on any atom is 0.148 e. The van der Waals surface area contributed by atoms with Gasteiger partial charge in [0.25, 0.3) is 0 Å². The largest absolute Gasteiger partial charge is 0.486 e. The number of hydrogen-bond donors (Lipinski definition) is 2. The van der Waals surface area contributed by atoms with E-state index in [0.29, 0.717) is 6.54 Å². The lowest BCUT2D eigenvalue weighted by atomic mass is 10.2. The molecule has 2 aromatic heterocycles. The fourth-order valence-electron chi connectivity index (χ4n) is 3.05. The number of ether oxygens (including phenoxy) is 1. The number of nitrogens with zero attached hydrogens (tertiary/aromatic N) is 3. The standard InChI is InChI=1S/C19H21N5O/c1-13-9-21-12-18(19(13)25-15-4-5-20-11-15)24-10-14-2-3-16-17(8-14)23-7-6-22-16/h2-3,6-9,12,15,20,24H,4-5,10-11H2,1H3/t15-/m1/s1. The molecule has 0 amide bonds. The van der Waals surface area contributed by atoms with Crippen LogP contribution in [0.1, 0.15) is 17.5 Å². The molecule has 1 atom stereocenters.